The Morgan fingerprint density at radius 2 is 1.58 bits per heavy atom. The van der Waals surface area contributed by atoms with Crippen LogP contribution in [-0.4, -0.2) is 19.7 Å². The minimum atomic E-state index is -4.46. The van der Waals surface area contributed by atoms with Gasteiger partial charge in [0.1, 0.15) is 5.69 Å². The highest BCUT2D eigenvalue weighted by Gasteiger charge is 2.34. The van der Waals surface area contributed by atoms with Crippen molar-refractivity contribution in [1.29, 1.82) is 0 Å². The smallest absolute Gasteiger partial charge is 0.251 e. The first kappa shape index (κ1) is 18.6. The number of alkyl halides is 3. The van der Waals surface area contributed by atoms with Gasteiger partial charge in [-0.15, -0.1) is 0 Å². The number of benzene rings is 1. The van der Waals surface area contributed by atoms with Gasteiger partial charge in [-0.1, -0.05) is 12.1 Å². The van der Waals surface area contributed by atoms with Gasteiger partial charge in [-0.2, -0.15) is 13.2 Å². The SMILES string of the molecule is Cc1cc(C2=C(c3ccc(S(C)(=O)=O)cc3)CCC2)cnc1C(F)(F)F. The van der Waals surface area contributed by atoms with Crippen LogP contribution in [0.4, 0.5) is 13.2 Å². The molecule has 26 heavy (non-hydrogen) atoms. The van der Waals surface area contributed by atoms with Crippen molar-refractivity contribution in [1.82, 2.24) is 4.98 Å². The van der Waals surface area contributed by atoms with Gasteiger partial charge in [-0.05, 0) is 72.2 Å². The normalized spacial score (nSPS) is 15.6. The van der Waals surface area contributed by atoms with Crippen LogP contribution in [0.2, 0.25) is 0 Å². The molecule has 1 aliphatic rings. The number of allylic oxidation sites excluding steroid dienone is 2. The Bertz CT molecular complexity index is 975. The van der Waals surface area contributed by atoms with Crippen molar-refractivity contribution in [3.63, 3.8) is 0 Å². The molecule has 3 rings (SSSR count). The number of aromatic nitrogens is 1. The molecule has 0 N–H and O–H groups in total. The lowest BCUT2D eigenvalue weighted by atomic mass is 9.97. The maximum absolute atomic E-state index is 12.9. The zero-order valence-electron chi connectivity index (χ0n) is 14.4. The van der Waals surface area contributed by atoms with Crippen molar-refractivity contribution in [2.24, 2.45) is 0 Å². The van der Waals surface area contributed by atoms with Crippen molar-refractivity contribution in [3.8, 4) is 0 Å². The van der Waals surface area contributed by atoms with Gasteiger partial charge in [-0.25, -0.2) is 8.42 Å². The number of aryl methyl sites for hydroxylation is 1. The molecule has 0 atom stereocenters. The molecule has 0 saturated carbocycles. The van der Waals surface area contributed by atoms with E-state index < -0.39 is 21.7 Å². The summed E-state index contributed by atoms with van der Waals surface area (Å²) in [5, 5.41) is 0. The third-order valence-corrected chi connectivity index (χ3v) is 5.67. The molecule has 0 aliphatic heterocycles. The number of rotatable bonds is 3. The van der Waals surface area contributed by atoms with Crippen LogP contribution < -0.4 is 0 Å². The highest BCUT2D eigenvalue weighted by Crippen LogP contribution is 2.41. The minimum Gasteiger partial charge on any atom is -0.251 e. The summed E-state index contributed by atoms with van der Waals surface area (Å²) >= 11 is 0. The lowest BCUT2D eigenvalue weighted by molar-refractivity contribution is -0.141. The molecule has 1 aliphatic carbocycles. The minimum absolute atomic E-state index is 0.0983. The van der Waals surface area contributed by atoms with Crippen molar-refractivity contribution in [3.05, 3.63) is 58.9 Å². The lowest BCUT2D eigenvalue weighted by Gasteiger charge is -2.13. The summed E-state index contributed by atoms with van der Waals surface area (Å²) in [5.41, 5.74) is 2.82. The molecule has 2 aromatic rings. The van der Waals surface area contributed by atoms with E-state index in [1.807, 2.05) is 0 Å². The highest BCUT2D eigenvalue weighted by molar-refractivity contribution is 7.90. The van der Waals surface area contributed by atoms with E-state index >= 15 is 0 Å². The Morgan fingerprint density at radius 3 is 2.08 bits per heavy atom. The van der Waals surface area contributed by atoms with Gasteiger partial charge in [0.2, 0.25) is 0 Å². The Kier molecular flexibility index (Phi) is 4.69. The molecule has 0 spiro atoms. The molecular formula is C19H18F3NO2S. The number of nitrogens with zero attached hydrogens (tertiary/aromatic N) is 1. The van der Waals surface area contributed by atoms with Crippen LogP contribution in [0.5, 0.6) is 0 Å². The molecule has 0 saturated heterocycles. The maximum atomic E-state index is 12.9. The van der Waals surface area contributed by atoms with Gasteiger partial charge in [0.15, 0.2) is 9.84 Å². The quantitative estimate of drug-likeness (QED) is 0.759. The second-order valence-corrected chi connectivity index (χ2v) is 8.51. The van der Waals surface area contributed by atoms with E-state index in [1.54, 1.807) is 24.3 Å². The molecule has 0 radical (unpaired) electrons. The van der Waals surface area contributed by atoms with Gasteiger partial charge in [0.05, 0.1) is 4.90 Å². The Balaban J connectivity index is 2.02. The fraction of sp³-hybridized carbons (Fsp3) is 0.316. The Labute approximate surface area is 150 Å². The van der Waals surface area contributed by atoms with Crippen LogP contribution in [0.25, 0.3) is 11.1 Å². The molecule has 1 heterocycles. The van der Waals surface area contributed by atoms with E-state index in [0.29, 0.717) is 5.56 Å². The first-order valence-corrected chi connectivity index (χ1v) is 10.0. The molecule has 0 bridgehead atoms. The summed E-state index contributed by atoms with van der Waals surface area (Å²) in [6.07, 6.45) is 0.430. The molecule has 0 fully saturated rings. The monoisotopic (exact) mass is 381 g/mol. The molecular weight excluding hydrogens is 363 g/mol. The summed E-state index contributed by atoms with van der Waals surface area (Å²) in [4.78, 5) is 3.87. The molecule has 3 nitrogen and oxygen atoms in total. The van der Waals surface area contributed by atoms with Crippen molar-refractivity contribution in [2.75, 3.05) is 6.26 Å². The van der Waals surface area contributed by atoms with Crippen LogP contribution in [0.15, 0.2) is 41.4 Å². The number of hydrogen-bond acceptors (Lipinski definition) is 3. The molecule has 1 aromatic heterocycles. The van der Waals surface area contributed by atoms with E-state index in [1.165, 1.54) is 19.2 Å². The third kappa shape index (κ3) is 3.67. The molecule has 0 amide bonds. The molecule has 1 aromatic carbocycles. The first-order chi connectivity index (χ1) is 12.1. The average Bonchev–Trinajstić information content (AvgIpc) is 3.02. The summed E-state index contributed by atoms with van der Waals surface area (Å²) < 4.78 is 61.9. The summed E-state index contributed by atoms with van der Waals surface area (Å²) in [7, 11) is -3.27. The van der Waals surface area contributed by atoms with E-state index in [-0.39, 0.29) is 10.5 Å². The summed E-state index contributed by atoms with van der Waals surface area (Å²) in [6, 6.07) is 8.15. The zero-order chi connectivity index (χ0) is 19.1. The van der Waals surface area contributed by atoms with E-state index in [9.17, 15) is 21.6 Å². The summed E-state index contributed by atoms with van der Waals surface area (Å²) in [6.45, 7) is 1.41. The topological polar surface area (TPSA) is 47.0 Å². The van der Waals surface area contributed by atoms with E-state index in [2.05, 4.69) is 4.98 Å². The number of halogens is 3. The van der Waals surface area contributed by atoms with Gasteiger partial charge in [0.25, 0.3) is 0 Å². The average molecular weight is 381 g/mol. The van der Waals surface area contributed by atoms with E-state index in [0.717, 1.165) is 42.2 Å². The largest absolute Gasteiger partial charge is 0.433 e. The second-order valence-electron chi connectivity index (χ2n) is 6.49. The third-order valence-electron chi connectivity index (χ3n) is 4.54. The molecule has 0 unspecified atom stereocenters. The lowest BCUT2D eigenvalue weighted by Crippen LogP contribution is -2.10. The van der Waals surface area contributed by atoms with E-state index in [4.69, 9.17) is 0 Å². The Morgan fingerprint density at radius 1 is 1.00 bits per heavy atom. The molecule has 7 heteroatoms. The highest BCUT2D eigenvalue weighted by atomic mass is 32.2. The standard InChI is InChI=1S/C19H18F3NO2S/c1-12-10-14(11-23-18(12)19(20,21)22)17-5-3-4-16(17)13-6-8-15(9-7-13)26(2,24)25/h6-11H,3-5H2,1-2H3. The van der Waals surface area contributed by atoms with Gasteiger partial charge >= 0.3 is 6.18 Å². The van der Waals surface area contributed by atoms with Crippen molar-refractivity contribution in [2.45, 2.75) is 37.3 Å². The number of pyridine rings is 1. The Hall–Kier alpha value is -2.15. The van der Waals surface area contributed by atoms with Crippen LogP contribution in [0, 0.1) is 6.92 Å². The van der Waals surface area contributed by atoms with Gasteiger partial charge < -0.3 is 0 Å². The fourth-order valence-corrected chi connectivity index (χ4v) is 3.95. The van der Waals surface area contributed by atoms with Crippen LogP contribution in [0.3, 0.4) is 0 Å². The van der Waals surface area contributed by atoms with Crippen molar-refractivity contribution < 1.29 is 21.6 Å². The summed E-state index contributed by atoms with van der Waals surface area (Å²) in [5.74, 6) is 0. The number of hydrogen-bond donors (Lipinski definition) is 0. The first-order valence-electron chi connectivity index (χ1n) is 8.14. The fourth-order valence-electron chi connectivity index (χ4n) is 3.32. The number of sulfone groups is 1. The molecule has 138 valence electrons. The van der Waals surface area contributed by atoms with Gasteiger partial charge in [0, 0.05) is 12.5 Å². The zero-order valence-corrected chi connectivity index (χ0v) is 15.2. The van der Waals surface area contributed by atoms with Crippen LogP contribution in [-0.2, 0) is 16.0 Å². The maximum Gasteiger partial charge on any atom is 0.433 e. The van der Waals surface area contributed by atoms with Gasteiger partial charge in [-0.3, -0.25) is 4.98 Å². The van der Waals surface area contributed by atoms with Crippen molar-refractivity contribution >= 4 is 21.0 Å². The predicted molar refractivity (Wildman–Crippen MR) is 94.2 cm³/mol. The van der Waals surface area contributed by atoms with Crippen LogP contribution >= 0.6 is 0 Å². The predicted octanol–water partition coefficient (Wildman–Crippen LogP) is 4.91. The second kappa shape index (κ2) is 6.54. The van der Waals surface area contributed by atoms with Crippen LogP contribution in [0.1, 0.15) is 41.6 Å².